The number of aromatic nitrogens is 1. The van der Waals surface area contributed by atoms with E-state index in [9.17, 15) is 0 Å². The number of nitrogens with zero attached hydrogens (tertiary/aromatic N) is 1. The largest absolute Gasteiger partial charge is 0.264 e. The number of hydrogen-bond donors (Lipinski definition) is 0. The maximum Gasteiger partial charge on any atom is 0.0308 e. The first kappa shape index (κ1) is 8.66. The summed E-state index contributed by atoms with van der Waals surface area (Å²) in [6, 6.07) is 10.8. The van der Waals surface area contributed by atoms with Crippen LogP contribution in [0, 0.1) is 0 Å². The van der Waals surface area contributed by atoms with Gasteiger partial charge in [-0.15, -0.1) is 0 Å². The zero-order valence-electron chi connectivity index (χ0n) is 8.77. The van der Waals surface area contributed by atoms with Crippen molar-refractivity contribution in [3.63, 3.8) is 0 Å². The summed E-state index contributed by atoms with van der Waals surface area (Å²) in [7, 11) is 0. The van der Waals surface area contributed by atoms with E-state index in [1.165, 1.54) is 22.3 Å². The molecule has 0 saturated heterocycles. The van der Waals surface area contributed by atoms with Crippen molar-refractivity contribution in [1.82, 2.24) is 4.98 Å². The lowest BCUT2D eigenvalue weighted by molar-refractivity contribution is 0.836. The minimum Gasteiger partial charge on any atom is -0.264 e. The topological polar surface area (TPSA) is 12.9 Å². The molecule has 0 radical (unpaired) electrons. The number of benzene rings is 1. The molecule has 1 unspecified atom stereocenters. The zero-order chi connectivity index (χ0) is 10.3. The Morgan fingerprint density at radius 1 is 1.07 bits per heavy atom. The average molecular weight is 195 g/mol. The quantitative estimate of drug-likeness (QED) is 0.629. The third kappa shape index (κ3) is 1.27. The molecule has 15 heavy (non-hydrogen) atoms. The van der Waals surface area contributed by atoms with E-state index in [4.69, 9.17) is 0 Å². The van der Waals surface area contributed by atoms with Crippen molar-refractivity contribution in [1.29, 1.82) is 0 Å². The van der Waals surface area contributed by atoms with E-state index < -0.39 is 0 Å². The second kappa shape index (κ2) is 3.20. The van der Waals surface area contributed by atoms with Gasteiger partial charge in [-0.1, -0.05) is 31.2 Å². The second-order valence-electron chi connectivity index (χ2n) is 4.17. The van der Waals surface area contributed by atoms with E-state index in [0.29, 0.717) is 5.92 Å². The molecule has 74 valence electrons. The van der Waals surface area contributed by atoms with Gasteiger partial charge in [-0.3, -0.25) is 4.98 Å². The van der Waals surface area contributed by atoms with Crippen LogP contribution in [-0.2, 0) is 6.42 Å². The Kier molecular flexibility index (Phi) is 1.84. The van der Waals surface area contributed by atoms with Gasteiger partial charge in [0, 0.05) is 18.3 Å². The highest BCUT2D eigenvalue weighted by Crippen LogP contribution is 2.35. The molecule has 1 aromatic heterocycles. The van der Waals surface area contributed by atoms with Gasteiger partial charge in [0.05, 0.1) is 0 Å². The van der Waals surface area contributed by atoms with Gasteiger partial charge in [-0.2, -0.15) is 0 Å². The van der Waals surface area contributed by atoms with Crippen molar-refractivity contribution in [3.05, 3.63) is 65.0 Å². The predicted octanol–water partition coefficient (Wildman–Crippen LogP) is 3.14. The zero-order valence-corrected chi connectivity index (χ0v) is 8.77. The SMILES string of the molecule is CC1c2ccccc2Cc2ccncc21. The van der Waals surface area contributed by atoms with E-state index in [1.807, 2.05) is 12.4 Å². The van der Waals surface area contributed by atoms with Gasteiger partial charge in [-0.25, -0.2) is 0 Å². The van der Waals surface area contributed by atoms with Crippen LogP contribution in [0.5, 0.6) is 0 Å². The second-order valence-corrected chi connectivity index (χ2v) is 4.17. The molecule has 0 spiro atoms. The minimum absolute atomic E-state index is 0.485. The number of rotatable bonds is 0. The molecule has 0 bridgehead atoms. The molecule has 1 nitrogen and oxygen atoms in total. The Labute approximate surface area is 89.8 Å². The first-order valence-electron chi connectivity index (χ1n) is 5.37. The first-order chi connectivity index (χ1) is 7.36. The van der Waals surface area contributed by atoms with E-state index in [0.717, 1.165) is 6.42 Å². The summed E-state index contributed by atoms with van der Waals surface area (Å²) in [5, 5.41) is 0. The van der Waals surface area contributed by atoms with Crippen molar-refractivity contribution < 1.29 is 0 Å². The highest BCUT2D eigenvalue weighted by molar-refractivity contribution is 5.47. The minimum atomic E-state index is 0.485. The Balaban J connectivity index is 2.20. The molecule has 1 atom stereocenters. The van der Waals surface area contributed by atoms with Crippen LogP contribution >= 0.6 is 0 Å². The van der Waals surface area contributed by atoms with Crippen molar-refractivity contribution in [3.8, 4) is 0 Å². The Bertz CT molecular complexity index is 457. The lowest BCUT2D eigenvalue weighted by Gasteiger charge is -2.24. The molecule has 0 saturated carbocycles. The number of hydrogen-bond acceptors (Lipinski definition) is 1. The van der Waals surface area contributed by atoms with Gasteiger partial charge < -0.3 is 0 Å². The summed E-state index contributed by atoms with van der Waals surface area (Å²) >= 11 is 0. The highest BCUT2D eigenvalue weighted by Gasteiger charge is 2.21. The lowest BCUT2D eigenvalue weighted by atomic mass is 9.80. The fourth-order valence-electron chi connectivity index (χ4n) is 2.48. The van der Waals surface area contributed by atoms with E-state index in [1.54, 1.807) is 0 Å². The molecule has 3 rings (SSSR count). The van der Waals surface area contributed by atoms with Crippen molar-refractivity contribution in [2.24, 2.45) is 0 Å². The van der Waals surface area contributed by atoms with E-state index >= 15 is 0 Å². The Morgan fingerprint density at radius 3 is 2.80 bits per heavy atom. The maximum absolute atomic E-state index is 4.22. The predicted molar refractivity (Wildman–Crippen MR) is 61.0 cm³/mol. The van der Waals surface area contributed by atoms with Gasteiger partial charge in [0.25, 0.3) is 0 Å². The molecule has 1 heteroatoms. The van der Waals surface area contributed by atoms with Gasteiger partial charge in [-0.05, 0) is 34.7 Å². The Hall–Kier alpha value is -1.63. The molecule has 1 aliphatic carbocycles. The maximum atomic E-state index is 4.22. The fourth-order valence-corrected chi connectivity index (χ4v) is 2.48. The summed E-state index contributed by atoms with van der Waals surface area (Å²) in [6.07, 6.45) is 4.95. The standard InChI is InChI=1S/C14H13N/c1-10-13-5-3-2-4-11(13)8-12-6-7-15-9-14(10)12/h2-7,9-10H,8H2,1H3. The summed E-state index contributed by atoms with van der Waals surface area (Å²) < 4.78 is 0. The van der Waals surface area contributed by atoms with Crippen LogP contribution in [0.15, 0.2) is 42.7 Å². The summed E-state index contributed by atoms with van der Waals surface area (Å²) in [6.45, 7) is 2.26. The molecular formula is C14H13N. The third-order valence-corrected chi connectivity index (χ3v) is 3.32. The molecule has 1 aliphatic rings. The highest BCUT2D eigenvalue weighted by atomic mass is 14.6. The van der Waals surface area contributed by atoms with Crippen molar-refractivity contribution in [2.75, 3.05) is 0 Å². The monoisotopic (exact) mass is 195 g/mol. The normalized spacial score (nSPS) is 18.1. The van der Waals surface area contributed by atoms with Crippen LogP contribution in [0.3, 0.4) is 0 Å². The van der Waals surface area contributed by atoms with Crippen molar-refractivity contribution in [2.45, 2.75) is 19.3 Å². The molecular weight excluding hydrogens is 182 g/mol. The molecule has 0 aliphatic heterocycles. The van der Waals surface area contributed by atoms with Gasteiger partial charge in [0.15, 0.2) is 0 Å². The van der Waals surface area contributed by atoms with Crippen LogP contribution < -0.4 is 0 Å². The lowest BCUT2D eigenvalue weighted by Crippen LogP contribution is -2.11. The summed E-state index contributed by atoms with van der Waals surface area (Å²) in [5.74, 6) is 0.485. The van der Waals surface area contributed by atoms with Crippen molar-refractivity contribution >= 4 is 0 Å². The number of fused-ring (bicyclic) bond motifs is 2. The molecule has 0 fully saturated rings. The van der Waals surface area contributed by atoms with Gasteiger partial charge in [0.1, 0.15) is 0 Å². The average Bonchev–Trinajstić information content (AvgIpc) is 2.30. The van der Waals surface area contributed by atoms with Crippen LogP contribution in [0.4, 0.5) is 0 Å². The third-order valence-electron chi connectivity index (χ3n) is 3.32. The summed E-state index contributed by atoms with van der Waals surface area (Å²) in [5.41, 5.74) is 5.73. The molecule has 2 aromatic rings. The molecule has 1 heterocycles. The molecule has 0 amide bonds. The van der Waals surface area contributed by atoms with Crippen LogP contribution in [-0.4, -0.2) is 4.98 Å². The van der Waals surface area contributed by atoms with E-state index in [-0.39, 0.29) is 0 Å². The van der Waals surface area contributed by atoms with Crippen LogP contribution in [0.25, 0.3) is 0 Å². The fraction of sp³-hybridized carbons (Fsp3) is 0.214. The van der Waals surface area contributed by atoms with E-state index in [2.05, 4.69) is 42.2 Å². The van der Waals surface area contributed by atoms with Gasteiger partial charge >= 0.3 is 0 Å². The summed E-state index contributed by atoms with van der Waals surface area (Å²) in [4.78, 5) is 4.22. The number of pyridine rings is 1. The first-order valence-corrected chi connectivity index (χ1v) is 5.37. The van der Waals surface area contributed by atoms with Crippen LogP contribution in [0.1, 0.15) is 35.1 Å². The van der Waals surface area contributed by atoms with Gasteiger partial charge in [0.2, 0.25) is 0 Å². The Morgan fingerprint density at radius 2 is 1.87 bits per heavy atom. The molecule has 1 aromatic carbocycles. The smallest absolute Gasteiger partial charge is 0.0308 e. The molecule has 0 N–H and O–H groups in total. The van der Waals surface area contributed by atoms with Crippen LogP contribution in [0.2, 0.25) is 0 Å².